The van der Waals surface area contributed by atoms with E-state index in [1.165, 1.54) is 0 Å². The van der Waals surface area contributed by atoms with Gasteiger partial charge >= 0.3 is 0 Å². The van der Waals surface area contributed by atoms with Crippen molar-refractivity contribution in [3.05, 3.63) is 33.1 Å². The molecular formula is C21H25F2N5O. The Balaban J connectivity index is 2.00. The molecule has 0 saturated carbocycles. The van der Waals surface area contributed by atoms with E-state index in [4.69, 9.17) is 5.73 Å². The first-order chi connectivity index (χ1) is 13.7. The highest BCUT2D eigenvalue weighted by molar-refractivity contribution is 5.96. The number of halogens is 2. The van der Waals surface area contributed by atoms with Crippen molar-refractivity contribution < 1.29 is 8.78 Å². The van der Waals surface area contributed by atoms with Crippen molar-refractivity contribution in [2.45, 2.75) is 51.1 Å². The van der Waals surface area contributed by atoms with Crippen LogP contribution in [-0.2, 0) is 12.0 Å². The van der Waals surface area contributed by atoms with Crippen LogP contribution in [0.25, 0.3) is 10.9 Å². The number of rotatable bonds is 2. The highest BCUT2D eigenvalue weighted by Gasteiger charge is 2.37. The fraction of sp³-hybridized carbons (Fsp3) is 0.524. The van der Waals surface area contributed by atoms with Crippen LogP contribution in [-0.4, -0.2) is 35.6 Å². The summed E-state index contributed by atoms with van der Waals surface area (Å²) in [4.78, 5) is 15.1. The van der Waals surface area contributed by atoms with Gasteiger partial charge < -0.3 is 20.5 Å². The molecule has 1 fully saturated rings. The molecule has 2 aromatic rings. The minimum absolute atomic E-state index is 0.0131. The van der Waals surface area contributed by atoms with E-state index in [1.807, 2.05) is 27.0 Å². The van der Waals surface area contributed by atoms with Crippen molar-refractivity contribution in [2.24, 2.45) is 0 Å². The number of hydrogen-bond donors (Lipinski definition) is 2. The second kappa shape index (κ2) is 6.70. The predicted octanol–water partition coefficient (Wildman–Crippen LogP) is 2.92. The second-order valence-corrected chi connectivity index (χ2v) is 8.77. The summed E-state index contributed by atoms with van der Waals surface area (Å²) < 4.78 is 32.5. The van der Waals surface area contributed by atoms with Gasteiger partial charge in [0.05, 0.1) is 16.6 Å². The van der Waals surface area contributed by atoms with Gasteiger partial charge in [-0.3, -0.25) is 4.79 Å². The first-order valence-corrected chi connectivity index (χ1v) is 9.91. The average Bonchev–Trinajstić information content (AvgIpc) is 2.99. The molecule has 8 heteroatoms. The minimum Gasteiger partial charge on any atom is -0.396 e. The molecule has 0 radical (unpaired) electrons. The number of nitrogens with two attached hydrogens (primary N) is 1. The maximum Gasteiger partial charge on any atom is 0.209 e. The fourth-order valence-electron chi connectivity index (χ4n) is 4.68. The predicted molar refractivity (Wildman–Crippen MR) is 109 cm³/mol. The molecule has 1 aromatic heterocycles. The number of nitrogen functional groups attached to an aromatic ring is 1. The van der Waals surface area contributed by atoms with Gasteiger partial charge in [0.15, 0.2) is 11.6 Å². The number of fused-ring (bicyclic) bond motifs is 3. The van der Waals surface area contributed by atoms with Crippen molar-refractivity contribution in [3.63, 3.8) is 0 Å². The standard InChI is InChI=1S/C21H25F2N5O/c1-21(2)7-4-13-12(10-24)20(29)14-17(25)15(22)18(16(23)19(14)28(13)21)26-11-5-8-27(3)9-6-11/h11,26H,4-9,25H2,1-3H3. The lowest BCUT2D eigenvalue weighted by atomic mass is 10.0. The van der Waals surface area contributed by atoms with Gasteiger partial charge in [0.25, 0.3) is 0 Å². The number of aromatic nitrogens is 1. The summed E-state index contributed by atoms with van der Waals surface area (Å²) in [5.41, 5.74) is 4.49. The molecule has 0 atom stereocenters. The first kappa shape index (κ1) is 19.6. The monoisotopic (exact) mass is 401 g/mol. The molecule has 3 heterocycles. The normalized spacial score (nSPS) is 19.3. The van der Waals surface area contributed by atoms with E-state index in [2.05, 4.69) is 10.2 Å². The van der Waals surface area contributed by atoms with Gasteiger partial charge in [-0.25, -0.2) is 8.78 Å². The van der Waals surface area contributed by atoms with Gasteiger partial charge in [-0.15, -0.1) is 0 Å². The summed E-state index contributed by atoms with van der Waals surface area (Å²) in [5, 5.41) is 12.3. The van der Waals surface area contributed by atoms with Gasteiger partial charge in [0, 0.05) is 17.3 Å². The van der Waals surface area contributed by atoms with Crippen molar-refractivity contribution in [1.29, 1.82) is 5.26 Å². The molecule has 154 valence electrons. The third-order valence-electron chi connectivity index (χ3n) is 6.38. The topological polar surface area (TPSA) is 87.1 Å². The summed E-state index contributed by atoms with van der Waals surface area (Å²) in [6, 6.07) is 1.84. The number of nitriles is 1. The van der Waals surface area contributed by atoms with Crippen LogP contribution in [0.3, 0.4) is 0 Å². The van der Waals surface area contributed by atoms with E-state index in [0.29, 0.717) is 18.5 Å². The maximum atomic E-state index is 15.7. The number of anilines is 2. The summed E-state index contributed by atoms with van der Waals surface area (Å²) in [6.45, 7) is 5.49. The lowest BCUT2D eigenvalue weighted by molar-refractivity contribution is 0.263. The van der Waals surface area contributed by atoms with Crippen LogP contribution in [0.1, 0.15) is 44.4 Å². The van der Waals surface area contributed by atoms with Crippen LogP contribution >= 0.6 is 0 Å². The van der Waals surface area contributed by atoms with Crippen molar-refractivity contribution in [3.8, 4) is 6.07 Å². The maximum absolute atomic E-state index is 15.7. The smallest absolute Gasteiger partial charge is 0.209 e. The van der Waals surface area contributed by atoms with Gasteiger partial charge in [0.2, 0.25) is 5.43 Å². The Morgan fingerprint density at radius 1 is 1.24 bits per heavy atom. The first-order valence-electron chi connectivity index (χ1n) is 9.91. The van der Waals surface area contributed by atoms with Crippen LogP contribution in [0.4, 0.5) is 20.2 Å². The zero-order valence-corrected chi connectivity index (χ0v) is 16.9. The molecule has 0 unspecified atom stereocenters. The number of benzene rings is 1. The number of nitrogens with zero attached hydrogens (tertiary/aromatic N) is 3. The van der Waals surface area contributed by atoms with E-state index in [-0.39, 0.29) is 28.2 Å². The fourth-order valence-corrected chi connectivity index (χ4v) is 4.68. The Bertz CT molecular complexity index is 1110. The Morgan fingerprint density at radius 2 is 1.90 bits per heavy atom. The molecule has 2 aliphatic heterocycles. The highest BCUT2D eigenvalue weighted by Crippen LogP contribution is 2.41. The molecule has 1 aromatic carbocycles. The van der Waals surface area contributed by atoms with Crippen molar-refractivity contribution in [2.75, 3.05) is 31.2 Å². The summed E-state index contributed by atoms with van der Waals surface area (Å²) in [7, 11) is 2.01. The minimum atomic E-state index is -0.966. The molecular weight excluding hydrogens is 376 g/mol. The Hall–Kier alpha value is -2.66. The number of pyridine rings is 1. The molecule has 0 bridgehead atoms. The highest BCUT2D eigenvalue weighted by atomic mass is 19.1. The second-order valence-electron chi connectivity index (χ2n) is 8.77. The molecule has 4 rings (SSSR count). The zero-order chi connectivity index (χ0) is 21.1. The lowest BCUT2D eigenvalue weighted by Crippen LogP contribution is -2.37. The lowest BCUT2D eigenvalue weighted by Gasteiger charge is -2.31. The summed E-state index contributed by atoms with van der Waals surface area (Å²) in [5.74, 6) is -1.78. The molecule has 2 aliphatic rings. The number of nitrogens with one attached hydrogen (secondary N) is 1. The van der Waals surface area contributed by atoms with Gasteiger partial charge in [-0.1, -0.05) is 0 Å². The van der Waals surface area contributed by atoms with Crippen LogP contribution in [0.5, 0.6) is 0 Å². The number of piperidine rings is 1. The molecule has 0 amide bonds. The van der Waals surface area contributed by atoms with Crippen LogP contribution in [0, 0.1) is 23.0 Å². The molecule has 0 spiro atoms. The Morgan fingerprint density at radius 3 is 2.52 bits per heavy atom. The largest absolute Gasteiger partial charge is 0.396 e. The van der Waals surface area contributed by atoms with Crippen LogP contribution in [0.2, 0.25) is 0 Å². The molecule has 29 heavy (non-hydrogen) atoms. The van der Waals surface area contributed by atoms with Crippen molar-refractivity contribution in [1.82, 2.24) is 9.47 Å². The zero-order valence-electron chi connectivity index (χ0n) is 16.9. The van der Waals surface area contributed by atoms with Gasteiger partial charge in [-0.05, 0) is 59.7 Å². The SMILES string of the molecule is CN1CCC(Nc2c(F)c(N)c3c(=O)c(C#N)c4n(c3c2F)C(C)(C)CC4)CC1. The average molecular weight is 401 g/mol. The molecule has 0 aliphatic carbocycles. The van der Waals surface area contributed by atoms with Crippen molar-refractivity contribution >= 4 is 22.3 Å². The molecule has 1 saturated heterocycles. The number of hydrogen-bond acceptors (Lipinski definition) is 5. The van der Waals surface area contributed by atoms with E-state index in [9.17, 15) is 10.1 Å². The molecule has 6 nitrogen and oxygen atoms in total. The van der Waals surface area contributed by atoms with E-state index in [0.717, 1.165) is 25.9 Å². The molecule has 3 N–H and O–H groups in total. The summed E-state index contributed by atoms with van der Waals surface area (Å²) in [6.07, 6.45) is 2.64. The van der Waals surface area contributed by atoms with E-state index >= 15 is 8.78 Å². The van der Waals surface area contributed by atoms with Gasteiger partial charge in [-0.2, -0.15) is 5.26 Å². The Labute approximate surface area is 167 Å². The summed E-state index contributed by atoms with van der Waals surface area (Å²) >= 11 is 0. The van der Waals surface area contributed by atoms with Gasteiger partial charge in [0.1, 0.15) is 17.3 Å². The quantitative estimate of drug-likeness (QED) is 0.756. The number of likely N-dealkylation sites (tertiary alicyclic amines) is 1. The van der Waals surface area contributed by atoms with Crippen LogP contribution < -0.4 is 16.5 Å². The third-order valence-corrected chi connectivity index (χ3v) is 6.38. The van der Waals surface area contributed by atoms with E-state index < -0.39 is 28.3 Å². The third kappa shape index (κ3) is 2.87. The Kier molecular flexibility index (Phi) is 4.54. The van der Waals surface area contributed by atoms with E-state index in [1.54, 1.807) is 4.57 Å². The van der Waals surface area contributed by atoms with Crippen LogP contribution in [0.15, 0.2) is 4.79 Å².